The molecule has 8 nitrogen and oxygen atoms in total. The molecule has 2 unspecified atom stereocenters. The number of methoxy groups -OCH3 is 1. The smallest absolute Gasteiger partial charge is 0.446 e. The van der Waals surface area contributed by atoms with Crippen LogP contribution in [0.15, 0.2) is 41.3 Å². The third kappa shape index (κ3) is 8.27. The zero-order valence-corrected chi connectivity index (χ0v) is 22.9. The summed E-state index contributed by atoms with van der Waals surface area (Å²) in [5.74, 6) is -3.56. The van der Waals surface area contributed by atoms with Gasteiger partial charge in [-0.1, -0.05) is 18.9 Å². The molecule has 2 aromatic rings. The summed E-state index contributed by atoms with van der Waals surface area (Å²) in [4.78, 5) is 37.3. The molecule has 0 bridgehead atoms. The molecule has 2 saturated carbocycles. The van der Waals surface area contributed by atoms with Gasteiger partial charge in [-0.25, -0.2) is 4.39 Å². The molecule has 0 spiro atoms. The normalized spacial score (nSPS) is 22.3. The van der Waals surface area contributed by atoms with Gasteiger partial charge in [0.25, 0.3) is 5.91 Å². The molecule has 2 aromatic carbocycles. The molecule has 41 heavy (non-hydrogen) atoms. The molecule has 2 aliphatic rings. The summed E-state index contributed by atoms with van der Waals surface area (Å²) in [5.41, 5.74) is -4.25. The van der Waals surface area contributed by atoms with Gasteiger partial charge in [0, 0.05) is 29.1 Å². The molecule has 2 amide bonds. The Labute approximate surface area is 238 Å². The van der Waals surface area contributed by atoms with Crippen molar-refractivity contribution in [3.05, 3.63) is 47.8 Å². The van der Waals surface area contributed by atoms with Crippen molar-refractivity contribution in [1.82, 2.24) is 5.32 Å². The molecule has 222 valence electrons. The van der Waals surface area contributed by atoms with Crippen LogP contribution in [0.5, 0.6) is 11.5 Å². The lowest BCUT2D eigenvalue weighted by molar-refractivity contribution is -0.139. The predicted molar refractivity (Wildman–Crippen MR) is 143 cm³/mol. The molecule has 0 heterocycles. The van der Waals surface area contributed by atoms with Gasteiger partial charge in [-0.2, -0.15) is 13.2 Å². The topological polar surface area (TPSA) is 114 Å². The molecular formula is C28H30F4N2O6S. The average molecular weight is 599 g/mol. The first-order valence-corrected chi connectivity index (χ1v) is 14.0. The number of nitrogens with one attached hydrogen (secondary N) is 2. The number of carboxylic acid groups (broad SMARTS) is 1. The standard InChI is InChI=1S/C28H30F4N2O6S/c1-39-23-14-21(29)24(40-17-9-15(10-17)11-25(35)36)13-20(23)27(38)34-22-8-3-2-7-19(22)26(37)33-16-5-4-6-18(12-16)41-28(30,31)32/h4-6,12-15,17,19,22H,2-3,7-11H2,1H3,(H,33,37)(H,34,38)(H,35,36). The van der Waals surface area contributed by atoms with Gasteiger partial charge in [0.15, 0.2) is 11.6 Å². The Morgan fingerprint density at radius 3 is 2.49 bits per heavy atom. The minimum atomic E-state index is -4.46. The highest BCUT2D eigenvalue weighted by atomic mass is 32.2. The van der Waals surface area contributed by atoms with Gasteiger partial charge in [-0.15, -0.1) is 0 Å². The SMILES string of the molecule is COc1cc(F)c(OC2CC(CC(=O)O)C2)cc1C(=O)NC1CCCCC1C(=O)Nc1cccc(SC(F)(F)F)c1. The fourth-order valence-electron chi connectivity index (χ4n) is 5.21. The average Bonchev–Trinajstić information content (AvgIpc) is 2.87. The van der Waals surface area contributed by atoms with E-state index < -0.39 is 41.1 Å². The maximum Gasteiger partial charge on any atom is 0.446 e. The van der Waals surface area contributed by atoms with E-state index in [-0.39, 0.29) is 57.8 Å². The number of amides is 2. The fourth-order valence-corrected chi connectivity index (χ4v) is 5.80. The molecule has 3 N–H and O–H groups in total. The number of rotatable bonds is 10. The van der Waals surface area contributed by atoms with Crippen LogP contribution in [0.2, 0.25) is 0 Å². The van der Waals surface area contributed by atoms with Crippen molar-refractivity contribution in [2.24, 2.45) is 11.8 Å². The number of hydrogen-bond acceptors (Lipinski definition) is 6. The molecular weight excluding hydrogens is 568 g/mol. The van der Waals surface area contributed by atoms with E-state index in [4.69, 9.17) is 14.6 Å². The van der Waals surface area contributed by atoms with Crippen molar-refractivity contribution in [2.45, 2.75) is 67.5 Å². The number of carboxylic acids is 1. The van der Waals surface area contributed by atoms with Crippen molar-refractivity contribution < 1.29 is 46.5 Å². The van der Waals surface area contributed by atoms with Gasteiger partial charge in [0.05, 0.1) is 24.7 Å². The van der Waals surface area contributed by atoms with Crippen LogP contribution < -0.4 is 20.1 Å². The molecule has 0 aliphatic heterocycles. The van der Waals surface area contributed by atoms with Gasteiger partial charge in [0.2, 0.25) is 5.91 Å². The third-order valence-electron chi connectivity index (χ3n) is 7.20. The molecule has 4 rings (SSSR count). The Hall–Kier alpha value is -3.48. The number of carbonyl (C=O) groups is 3. The van der Waals surface area contributed by atoms with Crippen LogP contribution in [0.1, 0.15) is 55.3 Å². The Morgan fingerprint density at radius 1 is 1.07 bits per heavy atom. The van der Waals surface area contributed by atoms with Gasteiger partial charge in [-0.05, 0) is 67.6 Å². The van der Waals surface area contributed by atoms with Gasteiger partial charge in [-0.3, -0.25) is 14.4 Å². The maximum atomic E-state index is 14.7. The second-order valence-corrected chi connectivity index (χ2v) is 11.3. The first-order valence-electron chi connectivity index (χ1n) is 13.2. The largest absolute Gasteiger partial charge is 0.496 e. The highest BCUT2D eigenvalue weighted by Gasteiger charge is 2.35. The summed E-state index contributed by atoms with van der Waals surface area (Å²) < 4.78 is 63.9. The van der Waals surface area contributed by atoms with Gasteiger partial charge < -0.3 is 25.2 Å². The van der Waals surface area contributed by atoms with Crippen LogP contribution in [0.3, 0.4) is 0 Å². The van der Waals surface area contributed by atoms with E-state index in [0.29, 0.717) is 25.7 Å². The van der Waals surface area contributed by atoms with Crippen LogP contribution in [0.4, 0.5) is 23.2 Å². The second kappa shape index (κ2) is 13.0. The molecule has 13 heteroatoms. The van der Waals surface area contributed by atoms with E-state index in [1.807, 2.05) is 0 Å². The first kappa shape index (κ1) is 30.5. The van der Waals surface area contributed by atoms with Gasteiger partial charge >= 0.3 is 11.5 Å². The zero-order chi connectivity index (χ0) is 29.7. The number of anilines is 1. The van der Waals surface area contributed by atoms with Crippen LogP contribution in [0, 0.1) is 17.7 Å². The highest BCUT2D eigenvalue weighted by Crippen LogP contribution is 2.38. The number of halogens is 4. The Bertz CT molecular complexity index is 1280. The monoisotopic (exact) mass is 598 g/mol. The second-order valence-electron chi connectivity index (χ2n) is 10.2. The predicted octanol–water partition coefficient (Wildman–Crippen LogP) is 6.01. The minimum Gasteiger partial charge on any atom is -0.496 e. The fraction of sp³-hybridized carbons (Fsp3) is 0.464. The summed E-state index contributed by atoms with van der Waals surface area (Å²) in [6.07, 6.45) is 2.98. The molecule has 0 radical (unpaired) electrons. The molecule has 2 aliphatic carbocycles. The highest BCUT2D eigenvalue weighted by molar-refractivity contribution is 8.00. The van der Waals surface area contributed by atoms with Crippen molar-refractivity contribution in [1.29, 1.82) is 0 Å². The van der Waals surface area contributed by atoms with Crippen molar-refractivity contribution in [3.63, 3.8) is 0 Å². The zero-order valence-electron chi connectivity index (χ0n) is 22.1. The maximum absolute atomic E-state index is 14.7. The van der Waals surface area contributed by atoms with E-state index in [9.17, 15) is 31.9 Å². The number of hydrogen-bond donors (Lipinski definition) is 3. The van der Waals surface area contributed by atoms with E-state index in [0.717, 1.165) is 18.9 Å². The van der Waals surface area contributed by atoms with Gasteiger partial charge in [0.1, 0.15) is 5.75 Å². The number of thioether (sulfide) groups is 1. The van der Waals surface area contributed by atoms with E-state index >= 15 is 0 Å². The molecule has 0 saturated heterocycles. The Kier molecular flexibility index (Phi) is 9.67. The molecule has 2 atom stereocenters. The number of aliphatic carboxylic acids is 1. The Balaban J connectivity index is 1.44. The number of alkyl halides is 3. The van der Waals surface area contributed by atoms with Crippen LogP contribution in [-0.2, 0) is 9.59 Å². The minimum absolute atomic E-state index is 0.00641. The molecule has 0 aromatic heterocycles. The summed E-state index contributed by atoms with van der Waals surface area (Å²) in [7, 11) is 1.29. The summed E-state index contributed by atoms with van der Waals surface area (Å²) in [5, 5.41) is 14.4. The lowest BCUT2D eigenvalue weighted by Gasteiger charge is -2.34. The number of ether oxygens (including phenoxy) is 2. The number of benzene rings is 2. The lowest BCUT2D eigenvalue weighted by atomic mass is 9.80. The summed E-state index contributed by atoms with van der Waals surface area (Å²) in [6.45, 7) is 0. The first-order chi connectivity index (χ1) is 19.4. The van der Waals surface area contributed by atoms with Crippen molar-refractivity contribution >= 4 is 35.2 Å². The van der Waals surface area contributed by atoms with Crippen molar-refractivity contribution in [2.75, 3.05) is 12.4 Å². The van der Waals surface area contributed by atoms with Crippen LogP contribution >= 0.6 is 11.8 Å². The lowest BCUT2D eigenvalue weighted by Crippen LogP contribution is -2.46. The number of carbonyl (C=O) groups excluding carboxylic acids is 2. The Morgan fingerprint density at radius 2 is 1.80 bits per heavy atom. The quantitative estimate of drug-likeness (QED) is 0.227. The van der Waals surface area contributed by atoms with E-state index in [1.54, 1.807) is 0 Å². The third-order valence-corrected chi connectivity index (χ3v) is 7.92. The van der Waals surface area contributed by atoms with Crippen LogP contribution in [-0.4, -0.2) is 47.7 Å². The molecule has 2 fully saturated rings. The summed E-state index contributed by atoms with van der Waals surface area (Å²) >= 11 is -0.280. The summed E-state index contributed by atoms with van der Waals surface area (Å²) in [6, 6.07) is 7.14. The van der Waals surface area contributed by atoms with Crippen LogP contribution in [0.25, 0.3) is 0 Å². The van der Waals surface area contributed by atoms with E-state index in [2.05, 4.69) is 10.6 Å². The van der Waals surface area contributed by atoms with E-state index in [1.165, 1.54) is 37.4 Å². The van der Waals surface area contributed by atoms with Crippen molar-refractivity contribution in [3.8, 4) is 11.5 Å².